The predicted octanol–water partition coefficient (Wildman–Crippen LogP) is 10.1. The fraction of sp³-hybridized carbons (Fsp3) is 0.902. The first-order valence-corrected chi connectivity index (χ1v) is 29.0. The number of aliphatic hydroxyl groups is 11. The highest BCUT2D eigenvalue weighted by Crippen LogP contribution is 2.34. The molecule has 0 spiro atoms. The molecule has 11 unspecified atom stereocenters. The Morgan fingerprint density at radius 1 is 0.395 bits per heavy atom. The zero-order valence-corrected chi connectivity index (χ0v) is 50.2. The van der Waals surface area contributed by atoms with E-state index in [4.69, 9.17) is 9.84 Å². The van der Waals surface area contributed by atoms with Gasteiger partial charge in [0, 0.05) is 0 Å². The Morgan fingerprint density at radius 2 is 0.671 bits per heavy atom. The SMILES string of the molecule is CC(C)=CCCC(C)(O)CCCC(C)(O)CCCC(C)(O)CCCC(C)(O)CCCC(C)(O)CCCC(C)(O)CCCC(C)(O)CCCC(C)(O)CCCC(C)=CCCC(C)(O)C(O)COC(=O)CC(C)(O)CC(=O)O. The molecular formula is C61H116O15. The number of ether oxygens (including phenoxy) is 1. The van der Waals surface area contributed by atoms with Crippen molar-refractivity contribution in [3.8, 4) is 0 Å². The summed E-state index contributed by atoms with van der Waals surface area (Å²) in [6.07, 6.45) is 17.7. The molecule has 15 heteroatoms. The molecule has 0 aliphatic heterocycles. The highest BCUT2D eigenvalue weighted by atomic mass is 16.5. The van der Waals surface area contributed by atoms with E-state index in [1.54, 1.807) is 27.7 Å². The van der Waals surface area contributed by atoms with Crippen LogP contribution < -0.4 is 0 Å². The van der Waals surface area contributed by atoms with Crippen molar-refractivity contribution in [2.24, 2.45) is 0 Å². The second-order valence-corrected chi connectivity index (χ2v) is 27.0. The molecule has 0 radical (unpaired) electrons. The Bertz CT molecular complexity index is 1700. The number of carboxylic acid groups (broad SMARTS) is 1. The molecule has 0 heterocycles. The summed E-state index contributed by atoms with van der Waals surface area (Å²) in [6.45, 7) is 22.7. The normalized spacial score (nSPS) is 20.9. The maximum atomic E-state index is 12.1. The van der Waals surface area contributed by atoms with Gasteiger partial charge in [0.15, 0.2) is 0 Å². The van der Waals surface area contributed by atoms with Crippen LogP contribution in [0.25, 0.3) is 0 Å². The van der Waals surface area contributed by atoms with E-state index in [-0.39, 0.29) is 6.42 Å². The van der Waals surface area contributed by atoms with E-state index in [9.17, 15) is 65.8 Å². The van der Waals surface area contributed by atoms with Gasteiger partial charge in [0.2, 0.25) is 0 Å². The lowest BCUT2D eigenvalue weighted by atomic mass is 9.83. The second kappa shape index (κ2) is 33.0. The van der Waals surface area contributed by atoms with Gasteiger partial charge in [-0.1, -0.05) is 23.3 Å². The van der Waals surface area contributed by atoms with E-state index in [0.29, 0.717) is 148 Å². The Morgan fingerprint density at radius 3 is 0.961 bits per heavy atom. The van der Waals surface area contributed by atoms with Crippen LogP contribution in [0.2, 0.25) is 0 Å². The summed E-state index contributed by atoms with van der Waals surface area (Å²) < 4.78 is 4.98. The van der Waals surface area contributed by atoms with Crippen LogP contribution >= 0.6 is 0 Å². The van der Waals surface area contributed by atoms with Crippen molar-refractivity contribution in [1.82, 2.24) is 0 Å². The number of carboxylic acids is 1. The third-order valence-corrected chi connectivity index (χ3v) is 15.9. The molecule has 15 nitrogen and oxygen atoms in total. The summed E-state index contributed by atoms with van der Waals surface area (Å²) in [5.41, 5.74) is -8.29. The molecule has 0 saturated carbocycles. The van der Waals surface area contributed by atoms with Crippen LogP contribution in [0.1, 0.15) is 283 Å². The summed E-state index contributed by atoms with van der Waals surface area (Å²) in [7, 11) is 0. The average Bonchev–Trinajstić information content (AvgIpc) is 3.20. The first kappa shape index (κ1) is 74.0. The van der Waals surface area contributed by atoms with Gasteiger partial charge in [-0.15, -0.1) is 0 Å². The third-order valence-electron chi connectivity index (χ3n) is 15.9. The number of carbonyl (C=O) groups is 2. The fourth-order valence-corrected chi connectivity index (χ4v) is 10.4. The highest BCUT2D eigenvalue weighted by molar-refractivity contribution is 5.73. The molecule has 11 atom stereocenters. The van der Waals surface area contributed by atoms with Crippen LogP contribution in [0, 0.1) is 0 Å². The Kier molecular flexibility index (Phi) is 32.2. The lowest BCUT2D eigenvalue weighted by molar-refractivity contribution is -0.159. The van der Waals surface area contributed by atoms with Crippen molar-refractivity contribution in [3.63, 3.8) is 0 Å². The van der Waals surface area contributed by atoms with Crippen LogP contribution in [0.15, 0.2) is 23.3 Å². The van der Waals surface area contributed by atoms with Gasteiger partial charge in [-0.3, -0.25) is 9.59 Å². The zero-order chi connectivity index (χ0) is 58.9. The number of aliphatic carboxylic acids is 1. The Balaban J connectivity index is 4.51. The van der Waals surface area contributed by atoms with Crippen molar-refractivity contribution in [1.29, 1.82) is 0 Å². The molecule has 0 rings (SSSR count). The molecule has 0 amide bonds. The highest BCUT2D eigenvalue weighted by Gasteiger charge is 2.34. The van der Waals surface area contributed by atoms with Gasteiger partial charge in [-0.05, 0) is 270 Å². The van der Waals surface area contributed by atoms with Crippen molar-refractivity contribution in [2.45, 2.75) is 345 Å². The van der Waals surface area contributed by atoms with E-state index >= 15 is 0 Å². The molecule has 450 valence electrons. The van der Waals surface area contributed by atoms with Crippen LogP contribution in [-0.2, 0) is 14.3 Å². The number of carbonyl (C=O) groups excluding carboxylic acids is 1. The van der Waals surface area contributed by atoms with Gasteiger partial charge in [0.25, 0.3) is 0 Å². The van der Waals surface area contributed by atoms with Crippen molar-refractivity contribution in [3.05, 3.63) is 23.3 Å². The largest absolute Gasteiger partial charge is 0.481 e. The summed E-state index contributed by atoms with van der Waals surface area (Å²) in [4.78, 5) is 22.9. The van der Waals surface area contributed by atoms with Crippen molar-refractivity contribution >= 4 is 11.9 Å². The quantitative estimate of drug-likeness (QED) is 0.0200. The van der Waals surface area contributed by atoms with E-state index in [1.807, 2.05) is 40.7 Å². The standard InChI is InChI=1S/C61H116O15/c1-47(2)24-14-27-52(4,66)29-17-31-54(6,68)33-19-35-56(8,70)37-21-39-58(10,72)41-23-42-59(11,73)40-22-38-57(9,71)36-20-34-55(7,69)32-18-30-53(5,67)28-15-25-48(3)26-16-43-61(13,75)49(62)46-76-51(65)45-60(12,74)44-50(63)64/h24,26,49,62,66-75H,14-23,25,27-46H2,1-13H3,(H,63,64). The summed E-state index contributed by atoms with van der Waals surface area (Å²) in [6, 6.07) is 0. The van der Waals surface area contributed by atoms with Gasteiger partial charge in [0.05, 0.1) is 68.9 Å². The Labute approximate surface area is 460 Å². The zero-order valence-electron chi connectivity index (χ0n) is 50.2. The molecular weight excluding hydrogens is 973 g/mol. The van der Waals surface area contributed by atoms with E-state index < -0.39 is 93.5 Å². The van der Waals surface area contributed by atoms with Crippen LogP contribution in [-0.4, -0.2) is 142 Å². The van der Waals surface area contributed by atoms with E-state index in [2.05, 4.69) is 19.9 Å². The first-order chi connectivity index (χ1) is 34.4. The minimum Gasteiger partial charge on any atom is -0.481 e. The number of allylic oxidation sites excluding steroid dienone is 4. The lowest BCUT2D eigenvalue weighted by Gasteiger charge is -2.31. The summed E-state index contributed by atoms with van der Waals surface area (Å²) >= 11 is 0. The van der Waals surface area contributed by atoms with Gasteiger partial charge >= 0.3 is 11.9 Å². The molecule has 0 aliphatic rings. The van der Waals surface area contributed by atoms with Crippen molar-refractivity contribution in [2.75, 3.05) is 6.61 Å². The van der Waals surface area contributed by atoms with Gasteiger partial charge in [-0.2, -0.15) is 0 Å². The topological polar surface area (TPSA) is 286 Å². The summed E-state index contributed by atoms with van der Waals surface area (Å²) in [5, 5.41) is 129. The molecule has 76 heavy (non-hydrogen) atoms. The second-order valence-electron chi connectivity index (χ2n) is 27.0. The molecule has 0 aromatic carbocycles. The Hall–Kier alpha value is -2.02. The van der Waals surface area contributed by atoms with Crippen molar-refractivity contribution < 1.29 is 75.6 Å². The monoisotopic (exact) mass is 1090 g/mol. The third kappa shape index (κ3) is 39.4. The van der Waals surface area contributed by atoms with Gasteiger partial charge < -0.3 is 66.0 Å². The number of rotatable bonds is 45. The van der Waals surface area contributed by atoms with Crippen LogP contribution in [0.5, 0.6) is 0 Å². The molecule has 0 bridgehead atoms. The van der Waals surface area contributed by atoms with Crippen LogP contribution in [0.3, 0.4) is 0 Å². The fourth-order valence-electron chi connectivity index (χ4n) is 10.4. The number of esters is 1. The molecule has 0 aliphatic carbocycles. The lowest BCUT2D eigenvalue weighted by Crippen LogP contribution is -2.43. The smallest absolute Gasteiger partial charge is 0.308 e. The maximum Gasteiger partial charge on any atom is 0.308 e. The number of hydrogen-bond donors (Lipinski definition) is 12. The van der Waals surface area contributed by atoms with Crippen LogP contribution in [0.4, 0.5) is 0 Å². The summed E-state index contributed by atoms with van der Waals surface area (Å²) in [5.74, 6) is -2.15. The minimum atomic E-state index is -1.80. The maximum absolute atomic E-state index is 12.1. The van der Waals surface area contributed by atoms with Gasteiger partial charge in [0.1, 0.15) is 12.7 Å². The van der Waals surface area contributed by atoms with Gasteiger partial charge in [-0.25, -0.2) is 0 Å². The average molecular weight is 1090 g/mol. The molecule has 0 aromatic rings. The number of hydrogen-bond acceptors (Lipinski definition) is 14. The molecule has 12 N–H and O–H groups in total. The van der Waals surface area contributed by atoms with E-state index in [1.165, 1.54) is 19.4 Å². The molecule has 0 aromatic heterocycles. The van der Waals surface area contributed by atoms with E-state index in [0.717, 1.165) is 31.3 Å². The molecule has 0 saturated heterocycles. The first-order valence-electron chi connectivity index (χ1n) is 29.0. The number of aliphatic hydroxyl groups excluding tert-OH is 1. The minimum absolute atomic E-state index is 0.184. The molecule has 0 fully saturated rings. The predicted molar refractivity (Wildman–Crippen MR) is 303 cm³/mol.